The maximum atomic E-state index is 12.5. The second-order valence-corrected chi connectivity index (χ2v) is 9.64. The topological polar surface area (TPSA) is 80.2 Å². The number of hydrogen-bond acceptors (Lipinski definition) is 6. The van der Waals surface area contributed by atoms with Gasteiger partial charge in [-0.25, -0.2) is 5.43 Å². The number of hydrogen-bond donors (Lipinski definition) is 1. The van der Waals surface area contributed by atoms with Gasteiger partial charge in [0.1, 0.15) is 5.37 Å². The van der Waals surface area contributed by atoms with Crippen LogP contribution in [0.4, 0.5) is 0 Å². The number of carbonyl (C=O) groups excluding carboxylic acids is 2. The first-order valence-electron chi connectivity index (χ1n) is 10.6. The summed E-state index contributed by atoms with van der Waals surface area (Å²) in [7, 11) is 0. The smallest absolute Gasteiger partial charge is 0.271 e. The van der Waals surface area contributed by atoms with Gasteiger partial charge in [-0.1, -0.05) is 42.5 Å². The highest BCUT2D eigenvalue weighted by molar-refractivity contribution is 9.10. The van der Waals surface area contributed by atoms with E-state index in [0.29, 0.717) is 29.4 Å². The van der Waals surface area contributed by atoms with Crippen molar-refractivity contribution in [2.24, 2.45) is 5.10 Å². The average Bonchev–Trinajstić information content (AvgIpc) is 3.46. The van der Waals surface area contributed by atoms with Crippen molar-refractivity contribution in [3.05, 3.63) is 93.5 Å². The number of fused-ring (bicyclic) bond motifs is 1. The first kappa shape index (κ1) is 22.5. The van der Waals surface area contributed by atoms with Gasteiger partial charge in [0.15, 0.2) is 11.5 Å². The summed E-state index contributed by atoms with van der Waals surface area (Å²) in [5.74, 6) is 1.54. The predicted octanol–water partition coefficient (Wildman–Crippen LogP) is 4.72. The third kappa shape index (κ3) is 4.80. The molecule has 9 heteroatoms. The molecule has 1 fully saturated rings. The zero-order valence-corrected chi connectivity index (χ0v) is 20.3. The number of ether oxygens (including phenoxy) is 2. The number of hydrazone groups is 1. The molecule has 3 aromatic carbocycles. The van der Waals surface area contributed by atoms with Gasteiger partial charge in [0, 0.05) is 22.1 Å². The minimum absolute atomic E-state index is 0.0776. The van der Waals surface area contributed by atoms with Crippen LogP contribution in [0.2, 0.25) is 0 Å². The van der Waals surface area contributed by atoms with Crippen LogP contribution >= 0.6 is 27.7 Å². The van der Waals surface area contributed by atoms with Crippen LogP contribution in [0, 0.1) is 0 Å². The van der Waals surface area contributed by atoms with Crippen LogP contribution in [-0.4, -0.2) is 35.5 Å². The first-order valence-corrected chi connectivity index (χ1v) is 12.4. The Labute approximate surface area is 209 Å². The van der Waals surface area contributed by atoms with E-state index in [1.54, 1.807) is 42.2 Å². The second kappa shape index (κ2) is 9.90. The molecule has 0 bridgehead atoms. The Balaban J connectivity index is 1.23. The molecule has 7 nitrogen and oxygen atoms in total. The fraction of sp³-hybridized carbons (Fsp3) is 0.160. The van der Waals surface area contributed by atoms with E-state index in [2.05, 4.69) is 26.5 Å². The SMILES string of the molecule is O=C(N/N=C\c1cc2c(cc1Br)OCO2)c1ccc([C@H]2SCC(=O)N2Cc2ccccc2)cc1. The maximum absolute atomic E-state index is 12.5. The van der Waals surface area contributed by atoms with Gasteiger partial charge in [0.2, 0.25) is 12.7 Å². The van der Waals surface area contributed by atoms with Crippen molar-refractivity contribution in [3.63, 3.8) is 0 Å². The maximum Gasteiger partial charge on any atom is 0.271 e. The Hall–Kier alpha value is -3.30. The van der Waals surface area contributed by atoms with Crippen LogP contribution in [0.15, 0.2) is 76.3 Å². The molecule has 1 N–H and O–H groups in total. The molecular formula is C25H20BrN3O4S. The van der Waals surface area contributed by atoms with Gasteiger partial charge in [-0.2, -0.15) is 5.10 Å². The summed E-state index contributed by atoms with van der Waals surface area (Å²) in [6.45, 7) is 0.746. The summed E-state index contributed by atoms with van der Waals surface area (Å²) >= 11 is 5.06. The van der Waals surface area contributed by atoms with Crippen LogP contribution in [0.25, 0.3) is 0 Å². The lowest BCUT2D eigenvalue weighted by Gasteiger charge is -2.24. The summed E-state index contributed by atoms with van der Waals surface area (Å²) < 4.78 is 11.5. The van der Waals surface area contributed by atoms with E-state index in [9.17, 15) is 9.59 Å². The van der Waals surface area contributed by atoms with Crippen LogP contribution < -0.4 is 14.9 Å². The molecule has 3 aromatic rings. The van der Waals surface area contributed by atoms with E-state index in [-0.39, 0.29) is 24.0 Å². The van der Waals surface area contributed by atoms with Crippen molar-refractivity contribution in [1.82, 2.24) is 10.3 Å². The van der Waals surface area contributed by atoms with Gasteiger partial charge in [0.25, 0.3) is 5.91 Å². The Kier molecular flexibility index (Phi) is 6.55. The number of benzene rings is 3. The van der Waals surface area contributed by atoms with Gasteiger partial charge in [0.05, 0.1) is 12.0 Å². The van der Waals surface area contributed by atoms with Crippen molar-refractivity contribution in [3.8, 4) is 11.5 Å². The fourth-order valence-corrected chi connectivity index (χ4v) is 5.35. The van der Waals surface area contributed by atoms with E-state index in [1.165, 1.54) is 0 Å². The van der Waals surface area contributed by atoms with E-state index in [4.69, 9.17) is 9.47 Å². The molecule has 0 aliphatic carbocycles. The average molecular weight is 538 g/mol. The summed E-state index contributed by atoms with van der Waals surface area (Å²) in [5, 5.41) is 3.99. The van der Waals surface area contributed by atoms with E-state index in [1.807, 2.05) is 47.4 Å². The summed E-state index contributed by atoms with van der Waals surface area (Å²) in [4.78, 5) is 26.9. The molecule has 0 unspecified atom stereocenters. The van der Waals surface area contributed by atoms with Gasteiger partial charge in [-0.3, -0.25) is 9.59 Å². The number of nitrogens with zero attached hydrogens (tertiary/aromatic N) is 2. The highest BCUT2D eigenvalue weighted by Crippen LogP contribution is 2.39. The molecule has 2 heterocycles. The monoisotopic (exact) mass is 537 g/mol. The molecule has 0 saturated carbocycles. The third-order valence-electron chi connectivity index (χ3n) is 5.48. The number of thioether (sulfide) groups is 1. The third-order valence-corrected chi connectivity index (χ3v) is 7.43. The second-order valence-electron chi connectivity index (χ2n) is 7.72. The van der Waals surface area contributed by atoms with Gasteiger partial charge in [-0.15, -0.1) is 11.8 Å². The molecule has 2 aliphatic rings. The van der Waals surface area contributed by atoms with Crippen molar-refractivity contribution < 1.29 is 19.1 Å². The van der Waals surface area contributed by atoms with Gasteiger partial charge in [-0.05, 0) is 51.3 Å². The van der Waals surface area contributed by atoms with Gasteiger partial charge < -0.3 is 14.4 Å². The summed E-state index contributed by atoms with van der Waals surface area (Å²) in [5.41, 5.74) is 5.85. The highest BCUT2D eigenvalue weighted by Gasteiger charge is 2.32. The zero-order valence-electron chi connectivity index (χ0n) is 17.9. The Morgan fingerprint density at radius 2 is 1.85 bits per heavy atom. The number of amides is 2. The molecular weight excluding hydrogens is 518 g/mol. The quantitative estimate of drug-likeness (QED) is 0.363. The van der Waals surface area contributed by atoms with E-state index in [0.717, 1.165) is 21.2 Å². The summed E-state index contributed by atoms with van der Waals surface area (Å²) in [6.07, 6.45) is 1.54. The van der Waals surface area contributed by atoms with Crippen LogP contribution in [-0.2, 0) is 11.3 Å². The largest absolute Gasteiger partial charge is 0.454 e. The van der Waals surface area contributed by atoms with Crippen molar-refractivity contribution in [2.75, 3.05) is 12.5 Å². The fourth-order valence-electron chi connectivity index (χ4n) is 3.74. The Morgan fingerprint density at radius 3 is 2.62 bits per heavy atom. The van der Waals surface area contributed by atoms with Crippen LogP contribution in [0.1, 0.15) is 32.4 Å². The summed E-state index contributed by atoms with van der Waals surface area (Å²) in [6, 6.07) is 20.8. The van der Waals surface area contributed by atoms with E-state index >= 15 is 0 Å². The molecule has 1 atom stereocenters. The van der Waals surface area contributed by atoms with Crippen LogP contribution in [0.5, 0.6) is 11.5 Å². The number of rotatable bonds is 6. The number of carbonyl (C=O) groups is 2. The highest BCUT2D eigenvalue weighted by atomic mass is 79.9. The van der Waals surface area contributed by atoms with E-state index < -0.39 is 0 Å². The molecule has 0 radical (unpaired) electrons. The molecule has 0 aromatic heterocycles. The molecule has 2 aliphatic heterocycles. The zero-order chi connectivity index (χ0) is 23.5. The molecule has 34 heavy (non-hydrogen) atoms. The number of nitrogens with one attached hydrogen (secondary N) is 1. The molecule has 1 saturated heterocycles. The Morgan fingerprint density at radius 1 is 1.12 bits per heavy atom. The molecule has 0 spiro atoms. The van der Waals surface area contributed by atoms with Crippen molar-refractivity contribution in [1.29, 1.82) is 0 Å². The predicted molar refractivity (Wildman–Crippen MR) is 134 cm³/mol. The standard InChI is InChI=1S/C25H20BrN3O4S/c26-20-11-22-21(32-15-33-22)10-19(20)12-27-28-24(31)17-6-8-18(9-7-17)25-29(23(30)14-34-25)13-16-4-2-1-3-5-16/h1-12,25H,13-15H2,(H,28,31)/b27-12-/t25-/m1/s1. The minimum atomic E-state index is -0.323. The Bertz CT molecular complexity index is 1250. The lowest BCUT2D eigenvalue weighted by atomic mass is 10.1. The first-order chi connectivity index (χ1) is 16.6. The minimum Gasteiger partial charge on any atom is -0.454 e. The van der Waals surface area contributed by atoms with Crippen LogP contribution in [0.3, 0.4) is 0 Å². The molecule has 2 amide bonds. The lowest BCUT2D eigenvalue weighted by molar-refractivity contribution is -0.128. The van der Waals surface area contributed by atoms with Crippen molar-refractivity contribution >= 4 is 45.7 Å². The lowest BCUT2D eigenvalue weighted by Crippen LogP contribution is -2.27. The number of halogens is 1. The molecule has 5 rings (SSSR count). The van der Waals surface area contributed by atoms with Gasteiger partial charge >= 0.3 is 0 Å². The van der Waals surface area contributed by atoms with Crippen molar-refractivity contribution in [2.45, 2.75) is 11.9 Å². The normalized spacial score (nSPS) is 16.9. The molecule has 172 valence electrons.